The number of rotatable bonds is 6. The zero-order valence-electron chi connectivity index (χ0n) is 15.7. The summed E-state index contributed by atoms with van der Waals surface area (Å²) in [7, 11) is 0. The molecule has 0 spiro atoms. The standard InChI is InChI=1S/C22H20N4O2/c1-15-21(16(2)28-26-15)17-12-20(24-14-18-8-6-7-11-23-18)22(25-13-17)27-19-9-4-3-5-10-19/h3-13,24H,14H2,1-2H3. The second kappa shape index (κ2) is 7.92. The van der Waals surface area contributed by atoms with E-state index in [0.717, 1.165) is 39.7 Å². The molecular weight excluding hydrogens is 352 g/mol. The average Bonchev–Trinajstić information content (AvgIpc) is 3.07. The molecule has 0 saturated heterocycles. The number of nitrogens with one attached hydrogen (secondary N) is 1. The summed E-state index contributed by atoms with van der Waals surface area (Å²) in [5.74, 6) is 1.98. The van der Waals surface area contributed by atoms with E-state index in [1.165, 1.54) is 0 Å². The van der Waals surface area contributed by atoms with E-state index >= 15 is 0 Å². The lowest BCUT2D eigenvalue weighted by Crippen LogP contribution is -2.04. The smallest absolute Gasteiger partial charge is 0.242 e. The maximum Gasteiger partial charge on any atom is 0.242 e. The van der Waals surface area contributed by atoms with Crippen LogP contribution in [0.25, 0.3) is 11.1 Å². The molecule has 0 aliphatic heterocycles. The van der Waals surface area contributed by atoms with Gasteiger partial charge in [-0.25, -0.2) is 4.98 Å². The molecule has 28 heavy (non-hydrogen) atoms. The molecule has 0 fully saturated rings. The lowest BCUT2D eigenvalue weighted by molar-refractivity contribution is 0.393. The van der Waals surface area contributed by atoms with Gasteiger partial charge in [-0.15, -0.1) is 0 Å². The van der Waals surface area contributed by atoms with Crippen molar-refractivity contribution in [2.75, 3.05) is 5.32 Å². The third-order valence-electron chi connectivity index (χ3n) is 4.32. The first-order valence-electron chi connectivity index (χ1n) is 9.00. The van der Waals surface area contributed by atoms with Crippen LogP contribution >= 0.6 is 0 Å². The first-order valence-corrected chi connectivity index (χ1v) is 9.00. The van der Waals surface area contributed by atoms with Crippen LogP contribution in [0.1, 0.15) is 17.1 Å². The number of ether oxygens (including phenoxy) is 1. The van der Waals surface area contributed by atoms with Gasteiger partial charge in [0.1, 0.15) is 11.5 Å². The molecule has 0 atom stereocenters. The molecule has 1 N–H and O–H groups in total. The Kier molecular flexibility index (Phi) is 5.01. The SMILES string of the molecule is Cc1noc(C)c1-c1cnc(Oc2ccccc2)c(NCc2ccccn2)c1. The molecule has 0 bridgehead atoms. The van der Waals surface area contributed by atoms with Crippen LogP contribution in [-0.4, -0.2) is 15.1 Å². The van der Waals surface area contributed by atoms with Crippen LogP contribution in [0.4, 0.5) is 5.69 Å². The summed E-state index contributed by atoms with van der Waals surface area (Å²) in [6.07, 6.45) is 3.55. The minimum absolute atomic E-state index is 0.498. The van der Waals surface area contributed by atoms with Crippen molar-refractivity contribution < 1.29 is 9.26 Å². The van der Waals surface area contributed by atoms with Gasteiger partial charge in [-0.1, -0.05) is 29.4 Å². The Hall–Kier alpha value is -3.67. The van der Waals surface area contributed by atoms with Crippen LogP contribution in [0.3, 0.4) is 0 Å². The van der Waals surface area contributed by atoms with Gasteiger partial charge in [0.15, 0.2) is 0 Å². The lowest BCUT2D eigenvalue weighted by Gasteiger charge is -2.13. The van der Waals surface area contributed by atoms with Gasteiger partial charge in [-0.3, -0.25) is 4.98 Å². The summed E-state index contributed by atoms with van der Waals surface area (Å²) in [5, 5.41) is 7.43. The second-order valence-corrected chi connectivity index (χ2v) is 6.37. The Morgan fingerprint density at radius 2 is 1.82 bits per heavy atom. The van der Waals surface area contributed by atoms with Crippen LogP contribution in [0.5, 0.6) is 11.6 Å². The molecule has 0 radical (unpaired) electrons. The van der Waals surface area contributed by atoms with Crippen molar-refractivity contribution in [2.24, 2.45) is 0 Å². The number of benzene rings is 1. The molecular formula is C22H20N4O2. The molecule has 0 unspecified atom stereocenters. The first-order chi connectivity index (χ1) is 13.7. The van der Waals surface area contributed by atoms with Gasteiger partial charge in [0, 0.05) is 23.5 Å². The van der Waals surface area contributed by atoms with E-state index in [4.69, 9.17) is 9.26 Å². The predicted octanol–water partition coefficient (Wildman–Crippen LogP) is 5.15. The quantitative estimate of drug-likeness (QED) is 0.504. The highest BCUT2D eigenvalue weighted by molar-refractivity contribution is 5.72. The van der Waals surface area contributed by atoms with Crippen molar-refractivity contribution in [3.05, 3.63) is 84.1 Å². The predicted molar refractivity (Wildman–Crippen MR) is 107 cm³/mol. The van der Waals surface area contributed by atoms with Crippen LogP contribution in [0, 0.1) is 13.8 Å². The summed E-state index contributed by atoms with van der Waals surface area (Å²) < 4.78 is 11.3. The summed E-state index contributed by atoms with van der Waals surface area (Å²) in [6, 6.07) is 17.4. The van der Waals surface area contributed by atoms with Crippen molar-refractivity contribution in [2.45, 2.75) is 20.4 Å². The first kappa shape index (κ1) is 17.7. The van der Waals surface area contributed by atoms with E-state index in [9.17, 15) is 0 Å². The maximum atomic E-state index is 6.00. The molecule has 4 rings (SSSR count). The highest BCUT2D eigenvalue weighted by Crippen LogP contribution is 2.34. The van der Waals surface area contributed by atoms with Gasteiger partial charge in [0.05, 0.1) is 23.6 Å². The molecule has 140 valence electrons. The normalized spacial score (nSPS) is 10.6. The van der Waals surface area contributed by atoms with Gasteiger partial charge in [0.2, 0.25) is 5.88 Å². The molecule has 0 aliphatic carbocycles. The molecule has 6 nitrogen and oxygen atoms in total. The number of para-hydroxylation sites is 1. The molecule has 0 aliphatic rings. The highest BCUT2D eigenvalue weighted by atomic mass is 16.5. The van der Waals surface area contributed by atoms with E-state index < -0.39 is 0 Å². The number of nitrogens with zero attached hydrogens (tertiary/aromatic N) is 3. The monoisotopic (exact) mass is 372 g/mol. The fourth-order valence-electron chi connectivity index (χ4n) is 2.98. The van der Waals surface area contributed by atoms with Crippen molar-refractivity contribution in [1.29, 1.82) is 0 Å². The third-order valence-corrected chi connectivity index (χ3v) is 4.32. The Bertz CT molecular complexity index is 1040. The van der Waals surface area contributed by atoms with Crippen LogP contribution in [-0.2, 0) is 6.54 Å². The molecule has 3 aromatic heterocycles. The number of hydrogen-bond acceptors (Lipinski definition) is 6. The Labute approximate surface area is 163 Å². The van der Waals surface area contributed by atoms with Crippen molar-refractivity contribution in [1.82, 2.24) is 15.1 Å². The number of aromatic nitrogens is 3. The van der Waals surface area contributed by atoms with Gasteiger partial charge < -0.3 is 14.6 Å². The molecule has 6 heteroatoms. The van der Waals surface area contributed by atoms with E-state index in [1.54, 1.807) is 12.4 Å². The van der Waals surface area contributed by atoms with Crippen LogP contribution in [0.2, 0.25) is 0 Å². The van der Waals surface area contributed by atoms with E-state index in [2.05, 4.69) is 20.4 Å². The lowest BCUT2D eigenvalue weighted by atomic mass is 10.1. The van der Waals surface area contributed by atoms with Gasteiger partial charge in [-0.05, 0) is 44.2 Å². The minimum atomic E-state index is 0.498. The zero-order chi connectivity index (χ0) is 19.3. The summed E-state index contributed by atoms with van der Waals surface area (Å²) in [5.41, 5.74) is 4.38. The van der Waals surface area contributed by atoms with Gasteiger partial charge >= 0.3 is 0 Å². The molecule has 0 saturated carbocycles. The number of hydrogen-bond donors (Lipinski definition) is 1. The molecule has 4 aromatic rings. The minimum Gasteiger partial charge on any atom is -0.437 e. The summed E-state index contributed by atoms with van der Waals surface area (Å²) in [6.45, 7) is 4.37. The maximum absolute atomic E-state index is 6.00. The third kappa shape index (κ3) is 3.86. The average molecular weight is 372 g/mol. The van der Waals surface area contributed by atoms with Gasteiger partial charge in [0.25, 0.3) is 0 Å². The van der Waals surface area contributed by atoms with E-state index in [-0.39, 0.29) is 0 Å². The largest absolute Gasteiger partial charge is 0.437 e. The fraction of sp³-hybridized carbons (Fsp3) is 0.136. The topological polar surface area (TPSA) is 73.1 Å². The van der Waals surface area contributed by atoms with E-state index in [1.807, 2.05) is 68.4 Å². The van der Waals surface area contributed by atoms with Crippen LogP contribution < -0.4 is 10.1 Å². The highest BCUT2D eigenvalue weighted by Gasteiger charge is 2.15. The van der Waals surface area contributed by atoms with Crippen molar-refractivity contribution in [3.8, 4) is 22.8 Å². The Balaban J connectivity index is 1.68. The molecule has 1 aromatic carbocycles. The zero-order valence-corrected chi connectivity index (χ0v) is 15.7. The van der Waals surface area contributed by atoms with Crippen molar-refractivity contribution >= 4 is 5.69 Å². The number of aryl methyl sites for hydroxylation is 2. The van der Waals surface area contributed by atoms with Crippen LogP contribution in [0.15, 0.2) is 71.5 Å². The Morgan fingerprint density at radius 3 is 2.54 bits per heavy atom. The summed E-state index contributed by atoms with van der Waals surface area (Å²) >= 11 is 0. The van der Waals surface area contributed by atoms with Gasteiger partial charge in [-0.2, -0.15) is 0 Å². The number of pyridine rings is 2. The molecule has 0 amide bonds. The second-order valence-electron chi connectivity index (χ2n) is 6.37. The fourth-order valence-corrected chi connectivity index (χ4v) is 2.98. The Morgan fingerprint density at radius 1 is 1.00 bits per heavy atom. The number of anilines is 1. The summed E-state index contributed by atoms with van der Waals surface area (Å²) in [4.78, 5) is 8.91. The molecule has 3 heterocycles. The van der Waals surface area contributed by atoms with E-state index in [0.29, 0.717) is 12.4 Å². The van der Waals surface area contributed by atoms with Crippen molar-refractivity contribution in [3.63, 3.8) is 0 Å².